The summed E-state index contributed by atoms with van der Waals surface area (Å²) >= 11 is 0. The van der Waals surface area contributed by atoms with Crippen molar-refractivity contribution in [2.75, 3.05) is 14.2 Å². The SMILES string of the molecule is CO/N=C(/C(=O)OC)c1ccccc1CO/N=C(\C)c1cccc(OCc2ccccc2)c1. The molecule has 0 aliphatic heterocycles. The molecule has 0 N–H and O–H groups in total. The van der Waals surface area contributed by atoms with E-state index in [2.05, 4.69) is 10.3 Å². The van der Waals surface area contributed by atoms with Gasteiger partial charge in [0.25, 0.3) is 0 Å². The minimum absolute atomic E-state index is 0.0585. The number of esters is 1. The first-order chi connectivity index (χ1) is 16.1. The normalized spacial score (nSPS) is 11.6. The smallest absolute Gasteiger partial charge is 0.360 e. The zero-order valence-electron chi connectivity index (χ0n) is 18.9. The van der Waals surface area contributed by atoms with E-state index in [1.165, 1.54) is 14.2 Å². The molecule has 3 rings (SSSR count). The van der Waals surface area contributed by atoms with Gasteiger partial charge in [0.15, 0.2) is 5.71 Å². The van der Waals surface area contributed by atoms with Gasteiger partial charge in [-0.05, 0) is 24.6 Å². The Hall–Kier alpha value is -4.13. The monoisotopic (exact) mass is 446 g/mol. The Kier molecular flexibility index (Phi) is 8.59. The van der Waals surface area contributed by atoms with Gasteiger partial charge in [-0.25, -0.2) is 4.79 Å². The van der Waals surface area contributed by atoms with Crippen LogP contribution in [0.2, 0.25) is 0 Å². The number of carbonyl (C=O) groups is 1. The summed E-state index contributed by atoms with van der Waals surface area (Å²) in [5.74, 6) is 0.144. The third-order valence-electron chi connectivity index (χ3n) is 4.76. The van der Waals surface area contributed by atoms with E-state index in [4.69, 9.17) is 19.1 Å². The molecule has 0 unspecified atom stereocenters. The number of oxime groups is 2. The lowest BCUT2D eigenvalue weighted by Gasteiger charge is -2.10. The molecule has 0 spiro atoms. The number of nitrogens with zero attached hydrogens (tertiary/aromatic N) is 2. The van der Waals surface area contributed by atoms with Crippen molar-refractivity contribution in [3.05, 3.63) is 101 Å². The molecule has 0 aromatic heterocycles. The van der Waals surface area contributed by atoms with Crippen LogP contribution in [0.1, 0.15) is 29.2 Å². The minimum atomic E-state index is -0.601. The van der Waals surface area contributed by atoms with Crippen LogP contribution < -0.4 is 4.74 Å². The second kappa shape index (κ2) is 12.0. The Morgan fingerprint density at radius 2 is 1.61 bits per heavy atom. The lowest BCUT2D eigenvalue weighted by Crippen LogP contribution is -2.19. The first kappa shape index (κ1) is 23.5. The molecule has 0 amide bonds. The van der Waals surface area contributed by atoms with E-state index in [9.17, 15) is 4.79 Å². The number of hydrogen-bond acceptors (Lipinski definition) is 7. The van der Waals surface area contributed by atoms with Crippen molar-refractivity contribution in [3.8, 4) is 5.75 Å². The van der Waals surface area contributed by atoms with Crippen molar-refractivity contribution in [3.63, 3.8) is 0 Å². The van der Waals surface area contributed by atoms with Crippen molar-refractivity contribution in [2.24, 2.45) is 10.3 Å². The first-order valence-electron chi connectivity index (χ1n) is 10.3. The van der Waals surface area contributed by atoms with E-state index in [1.54, 1.807) is 12.1 Å². The molecule has 0 fully saturated rings. The van der Waals surface area contributed by atoms with Crippen LogP contribution in [0.4, 0.5) is 0 Å². The molecule has 7 nitrogen and oxygen atoms in total. The fraction of sp³-hybridized carbons (Fsp3) is 0.192. The average Bonchev–Trinajstić information content (AvgIpc) is 2.87. The van der Waals surface area contributed by atoms with Crippen molar-refractivity contribution >= 4 is 17.4 Å². The number of methoxy groups -OCH3 is 1. The summed E-state index contributed by atoms with van der Waals surface area (Å²) in [4.78, 5) is 22.5. The summed E-state index contributed by atoms with van der Waals surface area (Å²) in [6, 6.07) is 24.9. The van der Waals surface area contributed by atoms with Gasteiger partial charge in [-0.2, -0.15) is 0 Å². The molecule has 3 aromatic carbocycles. The minimum Gasteiger partial charge on any atom is -0.489 e. The topological polar surface area (TPSA) is 78.7 Å². The zero-order chi connectivity index (χ0) is 23.5. The summed E-state index contributed by atoms with van der Waals surface area (Å²) in [5, 5.41) is 8.04. The highest BCUT2D eigenvalue weighted by atomic mass is 16.6. The molecule has 0 radical (unpaired) electrons. The number of rotatable bonds is 10. The number of carbonyl (C=O) groups excluding carboxylic acids is 1. The lowest BCUT2D eigenvalue weighted by molar-refractivity contribution is -0.132. The van der Waals surface area contributed by atoms with Crippen LogP contribution in [-0.2, 0) is 32.4 Å². The van der Waals surface area contributed by atoms with Gasteiger partial charge < -0.3 is 19.1 Å². The summed E-state index contributed by atoms with van der Waals surface area (Å²) in [5.41, 5.74) is 3.99. The molecule has 7 heteroatoms. The second-order valence-electron chi connectivity index (χ2n) is 7.02. The van der Waals surface area contributed by atoms with Crippen molar-refractivity contribution in [2.45, 2.75) is 20.1 Å². The highest BCUT2D eigenvalue weighted by molar-refractivity contribution is 6.43. The summed E-state index contributed by atoms with van der Waals surface area (Å²) in [7, 11) is 2.66. The predicted molar refractivity (Wildman–Crippen MR) is 126 cm³/mol. The fourth-order valence-corrected chi connectivity index (χ4v) is 3.06. The summed E-state index contributed by atoms with van der Waals surface area (Å²) in [6.45, 7) is 2.48. The quantitative estimate of drug-likeness (QED) is 0.256. The van der Waals surface area contributed by atoms with Crippen molar-refractivity contribution in [1.29, 1.82) is 0 Å². The third-order valence-corrected chi connectivity index (χ3v) is 4.76. The Bertz CT molecular complexity index is 1130. The molecule has 0 aliphatic rings. The van der Waals surface area contributed by atoms with Gasteiger partial charge in [0.2, 0.25) is 0 Å². The molecular formula is C26H26N2O5. The predicted octanol–water partition coefficient (Wildman–Crippen LogP) is 4.73. The zero-order valence-corrected chi connectivity index (χ0v) is 18.9. The van der Waals surface area contributed by atoms with E-state index < -0.39 is 5.97 Å². The Morgan fingerprint density at radius 1 is 0.848 bits per heavy atom. The van der Waals surface area contributed by atoms with Gasteiger partial charge in [0.05, 0.1) is 12.8 Å². The van der Waals surface area contributed by atoms with Crippen LogP contribution >= 0.6 is 0 Å². The van der Waals surface area contributed by atoms with Crippen molar-refractivity contribution < 1.29 is 23.9 Å². The molecule has 0 atom stereocenters. The van der Waals surface area contributed by atoms with E-state index in [0.29, 0.717) is 17.9 Å². The Labute approximate surface area is 193 Å². The van der Waals surface area contributed by atoms with E-state index in [0.717, 1.165) is 22.4 Å². The highest BCUT2D eigenvalue weighted by Gasteiger charge is 2.19. The average molecular weight is 447 g/mol. The third kappa shape index (κ3) is 6.67. The van der Waals surface area contributed by atoms with Crippen molar-refractivity contribution in [1.82, 2.24) is 0 Å². The van der Waals surface area contributed by atoms with Gasteiger partial charge in [0.1, 0.15) is 26.1 Å². The van der Waals surface area contributed by atoms with Crippen LogP contribution in [0.25, 0.3) is 0 Å². The van der Waals surface area contributed by atoms with Crippen LogP contribution in [0.15, 0.2) is 89.2 Å². The second-order valence-corrected chi connectivity index (χ2v) is 7.02. The molecule has 0 saturated heterocycles. The summed E-state index contributed by atoms with van der Waals surface area (Å²) in [6.07, 6.45) is 0. The number of benzene rings is 3. The highest BCUT2D eigenvalue weighted by Crippen LogP contribution is 2.17. The maximum atomic E-state index is 12.1. The maximum absolute atomic E-state index is 12.1. The van der Waals surface area contributed by atoms with Gasteiger partial charge in [-0.3, -0.25) is 0 Å². The first-order valence-corrected chi connectivity index (χ1v) is 10.3. The van der Waals surface area contributed by atoms with Gasteiger partial charge >= 0.3 is 5.97 Å². The van der Waals surface area contributed by atoms with Crippen LogP contribution in [0.3, 0.4) is 0 Å². The van der Waals surface area contributed by atoms with Crippen LogP contribution in [-0.4, -0.2) is 31.6 Å². The fourth-order valence-electron chi connectivity index (χ4n) is 3.06. The Morgan fingerprint density at radius 3 is 2.36 bits per heavy atom. The van der Waals surface area contributed by atoms with Gasteiger partial charge in [0, 0.05) is 16.7 Å². The molecular weight excluding hydrogens is 420 g/mol. The summed E-state index contributed by atoms with van der Waals surface area (Å²) < 4.78 is 10.7. The van der Waals surface area contributed by atoms with Crippen LogP contribution in [0.5, 0.6) is 5.75 Å². The number of hydrogen-bond donors (Lipinski definition) is 0. The van der Waals surface area contributed by atoms with E-state index in [1.807, 2.05) is 73.7 Å². The molecule has 0 saturated carbocycles. The Balaban J connectivity index is 1.68. The van der Waals surface area contributed by atoms with Gasteiger partial charge in [-0.15, -0.1) is 0 Å². The van der Waals surface area contributed by atoms with Gasteiger partial charge in [-0.1, -0.05) is 77.0 Å². The molecule has 170 valence electrons. The lowest BCUT2D eigenvalue weighted by atomic mass is 10.0. The largest absolute Gasteiger partial charge is 0.489 e. The standard InChI is InChI=1S/C26H26N2O5/c1-19(21-13-9-14-23(16-21)32-17-20-10-5-4-6-11-20)27-33-18-22-12-7-8-15-24(22)25(28-31-3)26(29)30-2/h4-16H,17-18H2,1-3H3/b27-19+,28-25+. The maximum Gasteiger partial charge on any atom is 0.360 e. The molecule has 33 heavy (non-hydrogen) atoms. The molecule has 0 heterocycles. The van der Waals surface area contributed by atoms with E-state index in [-0.39, 0.29) is 12.3 Å². The van der Waals surface area contributed by atoms with Crippen LogP contribution in [0, 0.1) is 0 Å². The number of ether oxygens (including phenoxy) is 2. The molecule has 0 bridgehead atoms. The van der Waals surface area contributed by atoms with E-state index >= 15 is 0 Å². The molecule has 3 aromatic rings. The molecule has 0 aliphatic carbocycles.